The van der Waals surface area contributed by atoms with Gasteiger partial charge in [0.25, 0.3) is 0 Å². The van der Waals surface area contributed by atoms with Crippen molar-refractivity contribution in [3.8, 4) is 23.0 Å². The molecule has 1 heterocycles. The van der Waals surface area contributed by atoms with E-state index < -0.39 is 11.9 Å². The highest BCUT2D eigenvalue weighted by Crippen LogP contribution is 2.39. The standard InChI is InChI=1S/C23H30N2O5.C2H2O4/c1-27-18-6-5-14(10-19(18)28-2)9-16(12-22(24)26)23-17-13-21(30-4)20(29-3)11-15(17)7-8-25-23;3-1(4)2(5)6/h5-6,10-11,13,16,23,25H,7-9,12H2,1-4H3,(H2,24,26);(H,3,4)(H,5,6)/t16?,23-;/m1./s1. The van der Waals surface area contributed by atoms with Crippen LogP contribution in [-0.4, -0.2) is 63.0 Å². The maximum Gasteiger partial charge on any atom is 0.414 e. The first-order valence-electron chi connectivity index (χ1n) is 11.1. The van der Waals surface area contributed by atoms with Gasteiger partial charge in [-0.25, -0.2) is 9.59 Å². The predicted molar refractivity (Wildman–Crippen MR) is 130 cm³/mol. The molecule has 0 saturated heterocycles. The first kappa shape index (κ1) is 28.2. The Morgan fingerprint density at radius 2 is 1.47 bits per heavy atom. The van der Waals surface area contributed by atoms with E-state index in [0.717, 1.165) is 24.1 Å². The van der Waals surface area contributed by atoms with Crippen LogP contribution in [0.5, 0.6) is 23.0 Å². The molecule has 0 spiro atoms. The molecule has 1 aliphatic heterocycles. The molecule has 11 heteroatoms. The van der Waals surface area contributed by atoms with Crippen molar-refractivity contribution in [3.63, 3.8) is 0 Å². The van der Waals surface area contributed by atoms with Gasteiger partial charge < -0.3 is 40.2 Å². The average molecular weight is 505 g/mol. The number of nitrogens with two attached hydrogens (primary N) is 1. The van der Waals surface area contributed by atoms with Crippen LogP contribution in [0.15, 0.2) is 30.3 Å². The highest BCUT2D eigenvalue weighted by molar-refractivity contribution is 6.27. The minimum atomic E-state index is -1.82. The van der Waals surface area contributed by atoms with Gasteiger partial charge in [0.2, 0.25) is 5.91 Å². The zero-order chi connectivity index (χ0) is 26.8. The highest BCUT2D eigenvalue weighted by Gasteiger charge is 2.30. The van der Waals surface area contributed by atoms with Crippen LogP contribution < -0.4 is 30.0 Å². The zero-order valence-corrected chi connectivity index (χ0v) is 20.7. The number of fused-ring (bicyclic) bond motifs is 1. The number of benzene rings is 2. The molecule has 1 unspecified atom stereocenters. The second-order valence-corrected chi connectivity index (χ2v) is 8.02. The lowest BCUT2D eigenvalue weighted by Gasteiger charge is -2.34. The SMILES string of the molecule is COc1ccc(CC(CC(N)=O)[C@H]2NCCc3cc(OC)c(OC)cc32)cc1OC.O=C(O)C(=O)O. The van der Waals surface area contributed by atoms with Gasteiger partial charge in [-0.1, -0.05) is 6.07 Å². The third kappa shape index (κ3) is 7.25. The number of hydrogen-bond acceptors (Lipinski definition) is 8. The Morgan fingerprint density at radius 1 is 0.917 bits per heavy atom. The van der Waals surface area contributed by atoms with Crippen LogP contribution in [0.25, 0.3) is 0 Å². The van der Waals surface area contributed by atoms with Gasteiger partial charge in [-0.15, -0.1) is 0 Å². The number of carboxylic acids is 2. The van der Waals surface area contributed by atoms with E-state index in [1.807, 2.05) is 30.3 Å². The highest BCUT2D eigenvalue weighted by atomic mass is 16.5. The number of carbonyl (C=O) groups is 3. The number of rotatable bonds is 9. The topological polar surface area (TPSA) is 167 Å². The summed E-state index contributed by atoms with van der Waals surface area (Å²) in [7, 11) is 6.48. The molecule has 0 radical (unpaired) electrons. The summed E-state index contributed by atoms with van der Waals surface area (Å²) in [4.78, 5) is 30.1. The minimum absolute atomic E-state index is 0.0299. The number of nitrogens with one attached hydrogen (secondary N) is 1. The van der Waals surface area contributed by atoms with Crippen LogP contribution in [0.2, 0.25) is 0 Å². The van der Waals surface area contributed by atoms with Crippen molar-refractivity contribution in [2.45, 2.75) is 25.3 Å². The van der Waals surface area contributed by atoms with Gasteiger partial charge in [-0.3, -0.25) is 4.79 Å². The second-order valence-electron chi connectivity index (χ2n) is 8.02. The molecule has 2 aromatic rings. The average Bonchev–Trinajstić information content (AvgIpc) is 2.86. The number of ether oxygens (including phenoxy) is 4. The fourth-order valence-corrected chi connectivity index (χ4v) is 4.21. The van der Waals surface area contributed by atoms with E-state index in [1.165, 1.54) is 5.56 Å². The van der Waals surface area contributed by atoms with E-state index in [9.17, 15) is 4.79 Å². The second kappa shape index (κ2) is 13.2. The first-order valence-corrected chi connectivity index (χ1v) is 11.1. The lowest BCUT2D eigenvalue weighted by atomic mass is 9.81. The Kier molecular flexibility index (Phi) is 10.4. The van der Waals surface area contributed by atoms with Crippen molar-refractivity contribution in [2.24, 2.45) is 11.7 Å². The van der Waals surface area contributed by atoms with Crippen LogP contribution in [0.4, 0.5) is 0 Å². The summed E-state index contributed by atoms with van der Waals surface area (Å²) in [5.74, 6) is -1.28. The summed E-state index contributed by atoms with van der Waals surface area (Å²) in [5.41, 5.74) is 8.98. The minimum Gasteiger partial charge on any atom is -0.493 e. The normalized spacial score (nSPS) is 14.8. The molecule has 5 N–H and O–H groups in total. The molecular weight excluding hydrogens is 472 g/mol. The van der Waals surface area contributed by atoms with Crippen LogP contribution >= 0.6 is 0 Å². The molecule has 0 bridgehead atoms. The Balaban J connectivity index is 0.000000678. The van der Waals surface area contributed by atoms with Crippen LogP contribution in [0.1, 0.15) is 29.2 Å². The number of aliphatic carboxylic acids is 2. The third-order valence-corrected chi connectivity index (χ3v) is 5.80. The summed E-state index contributed by atoms with van der Waals surface area (Å²) in [5, 5.41) is 18.4. The van der Waals surface area contributed by atoms with E-state index >= 15 is 0 Å². The van der Waals surface area contributed by atoms with Crippen LogP contribution in [0.3, 0.4) is 0 Å². The van der Waals surface area contributed by atoms with Gasteiger partial charge in [-0.2, -0.15) is 0 Å². The molecule has 0 fully saturated rings. The van der Waals surface area contributed by atoms with E-state index in [4.69, 9.17) is 44.5 Å². The molecule has 1 aliphatic rings. The molecule has 2 aromatic carbocycles. The quantitative estimate of drug-likeness (QED) is 0.370. The zero-order valence-electron chi connectivity index (χ0n) is 20.7. The first-order chi connectivity index (χ1) is 17.1. The Hall–Kier alpha value is -3.99. The third-order valence-electron chi connectivity index (χ3n) is 5.80. The molecule has 196 valence electrons. The predicted octanol–water partition coefficient (Wildman–Crippen LogP) is 1.80. The molecule has 2 atom stereocenters. The van der Waals surface area contributed by atoms with Crippen molar-refractivity contribution in [1.29, 1.82) is 0 Å². The number of primary amides is 1. The van der Waals surface area contributed by atoms with E-state index in [0.29, 0.717) is 29.4 Å². The van der Waals surface area contributed by atoms with Crippen molar-refractivity contribution in [1.82, 2.24) is 5.32 Å². The van der Waals surface area contributed by atoms with E-state index in [-0.39, 0.29) is 24.3 Å². The number of amides is 1. The smallest absolute Gasteiger partial charge is 0.414 e. The molecule has 36 heavy (non-hydrogen) atoms. The van der Waals surface area contributed by atoms with Gasteiger partial charge in [0.1, 0.15) is 0 Å². The molecule has 0 aromatic heterocycles. The van der Waals surface area contributed by atoms with Crippen LogP contribution in [0, 0.1) is 5.92 Å². The fourth-order valence-electron chi connectivity index (χ4n) is 4.21. The summed E-state index contributed by atoms with van der Waals surface area (Å²) >= 11 is 0. The summed E-state index contributed by atoms with van der Waals surface area (Å²) in [6.45, 7) is 0.814. The maximum atomic E-state index is 11.9. The van der Waals surface area contributed by atoms with Crippen molar-refractivity contribution in [3.05, 3.63) is 47.0 Å². The number of hydrogen-bond donors (Lipinski definition) is 4. The van der Waals surface area contributed by atoms with Gasteiger partial charge in [-0.05, 0) is 66.3 Å². The molecule has 0 saturated carbocycles. The Labute approximate surface area is 209 Å². The fraction of sp³-hybridized carbons (Fsp3) is 0.400. The number of carboxylic acid groups (broad SMARTS) is 2. The monoisotopic (exact) mass is 504 g/mol. The van der Waals surface area contributed by atoms with Gasteiger partial charge in [0.15, 0.2) is 23.0 Å². The van der Waals surface area contributed by atoms with Gasteiger partial charge >= 0.3 is 11.9 Å². The summed E-state index contributed by atoms with van der Waals surface area (Å²) in [6, 6.07) is 9.83. The van der Waals surface area contributed by atoms with E-state index in [2.05, 4.69) is 5.32 Å². The molecule has 0 aliphatic carbocycles. The van der Waals surface area contributed by atoms with Crippen molar-refractivity contribution >= 4 is 17.8 Å². The summed E-state index contributed by atoms with van der Waals surface area (Å²) < 4.78 is 21.7. The van der Waals surface area contributed by atoms with Crippen molar-refractivity contribution < 1.29 is 43.5 Å². The van der Waals surface area contributed by atoms with Crippen LogP contribution in [-0.2, 0) is 27.2 Å². The lowest BCUT2D eigenvalue weighted by Crippen LogP contribution is -2.37. The Morgan fingerprint density at radius 3 is 2.00 bits per heavy atom. The summed E-state index contributed by atoms with van der Waals surface area (Å²) in [6.07, 6.45) is 1.81. The lowest BCUT2D eigenvalue weighted by molar-refractivity contribution is -0.159. The van der Waals surface area contributed by atoms with Gasteiger partial charge in [0, 0.05) is 12.5 Å². The molecule has 3 rings (SSSR count). The molecule has 11 nitrogen and oxygen atoms in total. The number of methoxy groups -OCH3 is 4. The molecule has 1 amide bonds. The van der Waals surface area contributed by atoms with Gasteiger partial charge in [0.05, 0.1) is 28.4 Å². The number of carbonyl (C=O) groups excluding carboxylic acids is 1. The largest absolute Gasteiger partial charge is 0.493 e. The maximum absolute atomic E-state index is 11.9. The molecular formula is C25H32N2O9. The van der Waals surface area contributed by atoms with Crippen molar-refractivity contribution in [2.75, 3.05) is 35.0 Å². The Bertz CT molecular complexity index is 1080. The van der Waals surface area contributed by atoms with E-state index in [1.54, 1.807) is 28.4 Å².